The molecule has 1 aromatic carbocycles. The molecule has 2 fully saturated rings. The third kappa shape index (κ3) is 4.33. The van der Waals surface area contributed by atoms with Crippen LogP contribution in [0.2, 0.25) is 0 Å². The lowest BCUT2D eigenvalue weighted by atomic mass is 9.81. The zero-order valence-corrected chi connectivity index (χ0v) is 19.1. The van der Waals surface area contributed by atoms with Crippen LogP contribution >= 0.6 is 11.8 Å². The predicted molar refractivity (Wildman–Crippen MR) is 121 cm³/mol. The zero-order valence-electron chi connectivity index (χ0n) is 18.3. The Kier molecular flexibility index (Phi) is 6.69. The van der Waals surface area contributed by atoms with Gasteiger partial charge < -0.3 is 9.15 Å². The molecule has 2 aliphatic rings. The fourth-order valence-electron chi connectivity index (χ4n) is 4.78. The fourth-order valence-corrected chi connectivity index (χ4v) is 5.24. The smallest absolute Gasteiger partial charge is 0.336 e. The van der Waals surface area contributed by atoms with Crippen molar-refractivity contribution < 1.29 is 23.5 Å². The summed E-state index contributed by atoms with van der Waals surface area (Å²) in [6.07, 6.45) is 5.50. The Labute approximate surface area is 190 Å². The topological polar surface area (TPSA) is 93.9 Å². The summed E-state index contributed by atoms with van der Waals surface area (Å²) in [6, 6.07) is 5.83. The number of carbonyl (C=O) groups excluding carboxylic acids is 3. The van der Waals surface area contributed by atoms with Crippen LogP contribution in [0.1, 0.15) is 43.2 Å². The summed E-state index contributed by atoms with van der Waals surface area (Å²) >= 11 is 1.54. The fraction of sp³-hybridized carbons (Fsp3) is 0.500. The molecule has 0 radical (unpaired) electrons. The number of nitrogens with zero attached hydrogens (tertiary/aromatic N) is 1. The van der Waals surface area contributed by atoms with Gasteiger partial charge in [-0.2, -0.15) is 11.8 Å². The lowest BCUT2D eigenvalue weighted by Gasteiger charge is -2.25. The monoisotopic (exact) mass is 457 g/mol. The van der Waals surface area contributed by atoms with Gasteiger partial charge in [-0.3, -0.25) is 14.5 Å². The van der Waals surface area contributed by atoms with Crippen molar-refractivity contribution in [2.24, 2.45) is 11.8 Å². The van der Waals surface area contributed by atoms with Crippen molar-refractivity contribution in [2.45, 2.75) is 51.7 Å². The summed E-state index contributed by atoms with van der Waals surface area (Å²) in [4.78, 5) is 52.3. The highest BCUT2D eigenvalue weighted by atomic mass is 32.2. The number of aryl methyl sites for hydroxylation is 1. The number of fused-ring (bicyclic) bond motifs is 2. The van der Waals surface area contributed by atoms with Crippen LogP contribution in [0.25, 0.3) is 11.0 Å². The molecule has 4 rings (SSSR count). The summed E-state index contributed by atoms with van der Waals surface area (Å²) in [6.45, 7) is 1.76. The number of carbonyl (C=O) groups is 3. The summed E-state index contributed by atoms with van der Waals surface area (Å²) in [7, 11) is 0. The van der Waals surface area contributed by atoms with Gasteiger partial charge in [0.15, 0.2) is 0 Å². The second-order valence-electron chi connectivity index (χ2n) is 8.54. The molecule has 2 amide bonds. The second kappa shape index (κ2) is 9.48. The quantitative estimate of drug-likeness (QED) is 0.357. The van der Waals surface area contributed by atoms with Crippen molar-refractivity contribution in [1.29, 1.82) is 0 Å². The van der Waals surface area contributed by atoms with Gasteiger partial charge >= 0.3 is 11.6 Å². The molecule has 1 saturated heterocycles. The van der Waals surface area contributed by atoms with E-state index >= 15 is 0 Å². The van der Waals surface area contributed by atoms with Crippen molar-refractivity contribution in [2.75, 3.05) is 12.0 Å². The molecule has 170 valence electrons. The number of ether oxygens (including phenoxy) is 1. The predicted octanol–water partition coefficient (Wildman–Crippen LogP) is 3.44. The number of hydrogen-bond donors (Lipinski definition) is 0. The van der Waals surface area contributed by atoms with E-state index in [9.17, 15) is 19.2 Å². The number of hydrogen-bond acceptors (Lipinski definition) is 7. The Bertz CT molecular complexity index is 1090. The van der Waals surface area contributed by atoms with E-state index in [0.29, 0.717) is 41.5 Å². The highest BCUT2D eigenvalue weighted by molar-refractivity contribution is 7.98. The molecule has 32 heavy (non-hydrogen) atoms. The Morgan fingerprint density at radius 1 is 1.16 bits per heavy atom. The number of likely N-dealkylation sites (tertiary alicyclic amines) is 1. The minimum absolute atomic E-state index is 0.136. The molecular formula is C24H27NO6S. The van der Waals surface area contributed by atoms with Crippen LogP contribution in [0.15, 0.2) is 33.5 Å². The molecule has 3 atom stereocenters. The molecule has 2 heterocycles. The van der Waals surface area contributed by atoms with Gasteiger partial charge in [-0.25, -0.2) is 9.59 Å². The van der Waals surface area contributed by atoms with Crippen LogP contribution in [0.5, 0.6) is 0 Å². The van der Waals surface area contributed by atoms with E-state index in [-0.39, 0.29) is 30.3 Å². The number of imide groups is 1. The van der Waals surface area contributed by atoms with E-state index in [4.69, 9.17) is 9.15 Å². The lowest BCUT2D eigenvalue weighted by molar-refractivity contribution is -0.159. The summed E-state index contributed by atoms with van der Waals surface area (Å²) in [5.74, 6) is -1.12. The van der Waals surface area contributed by atoms with Gasteiger partial charge in [0.2, 0.25) is 11.8 Å². The third-order valence-electron chi connectivity index (χ3n) is 6.41. The number of rotatable bonds is 7. The maximum Gasteiger partial charge on any atom is 0.336 e. The number of esters is 1. The Morgan fingerprint density at radius 3 is 2.50 bits per heavy atom. The van der Waals surface area contributed by atoms with Gasteiger partial charge in [0, 0.05) is 17.0 Å². The highest BCUT2D eigenvalue weighted by Crippen LogP contribution is 2.39. The maximum atomic E-state index is 13.1. The molecule has 0 spiro atoms. The van der Waals surface area contributed by atoms with Gasteiger partial charge in [-0.15, -0.1) is 0 Å². The normalized spacial score (nSPS) is 21.6. The van der Waals surface area contributed by atoms with E-state index in [1.54, 1.807) is 17.8 Å². The molecule has 8 heteroatoms. The molecule has 1 aromatic heterocycles. The average Bonchev–Trinajstić information content (AvgIpc) is 3.02. The van der Waals surface area contributed by atoms with E-state index in [0.717, 1.165) is 18.4 Å². The molecule has 1 aliphatic carbocycles. The molecule has 0 unspecified atom stereocenters. The Morgan fingerprint density at radius 2 is 1.84 bits per heavy atom. The van der Waals surface area contributed by atoms with Gasteiger partial charge in [0.1, 0.15) is 18.2 Å². The number of benzene rings is 1. The second-order valence-corrected chi connectivity index (χ2v) is 9.52. The Balaban J connectivity index is 1.56. The van der Waals surface area contributed by atoms with Crippen molar-refractivity contribution in [3.63, 3.8) is 0 Å². The Hall–Kier alpha value is -2.61. The molecule has 1 saturated carbocycles. The minimum atomic E-state index is -0.943. The van der Waals surface area contributed by atoms with Gasteiger partial charge in [-0.1, -0.05) is 25.0 Å². The first-order chi connectivity index (χ1) is 15.4. The molecule has 0 bridgehead atoms. The summed E-state index contributed by atoms with van der Waals surface area (Å²) in [5.41, 5.74) is 1.37. The molecular weight excluding hydrogens is 430 g/mol. The summed E-state index contributed by atoms with van der Waals surface area (Å²) in [5, 5.41) is 0.683. The molecule has 0 N–H and O–H groups in total. The van der Waals surface area contributed by atoms with E-state index in [1.165, 1.54) is 11.0 Å². The maximum absolute atomic E-state index is 13.1. The largest absolute Gasteiger partial charge is 0.459 e. The minimum Gasteiger partial charge on any atom is -0.459 e. The van der Waals surface area contributed by atoms with Gasteiger partial charge in [0.05, 0.1) is 11.8 Å². The van der Waals surface area contributed by atoms with Crippen LogP contribution in [0.4, 0.5) is 0 Å². The average molecular weight is 458 g/mol. The number of amides is 2. The molecule has 7 nitrogen and oxygen atoms in total. The van der Waals surface area contributed by atoms with Crippen LogP contribution < -0.4 is 5.63 Å². The zero-order chi connectivity index (χ0) is 22.8. The van der Waals surface area contributed by atoms with E-state index < -0.39 is 17.6 Å². The first-order valence-electron chi connectivity index (χ1n) is 11.0. The molecule has 1 aliphatic heterocycles. The van der Waals surface area contributed by atoms with Crippen molar-refractivity contribution in [3.8, 4) is 0 Å². The SMILES string of the molecule is CSCC[C@H](C(=O)OCc1cc(=O)oc2cc(C)ccc12)N1C(=O)[C@H]2CCCC[C@@H]2C1=O. The highest BCUT2D eigenvalue weighted by Gasteiger charge is 2.52. The lowest BCUT2D eigenvalue weighted by Crippen LogP contribution is -2.46. The van der Waals surface area contributed by atoms with Crippen molar-refractivity contribution in [1.82, 2.24) is 4.90 Å². The van der Waals surface area contributed by atoms with E-state index in [1.807, 2.05) is 25.3 Å². The summed E-state index contributed by atoms with van der Waals surface area (Å²) < 4.78 is 10.8. The standard InChI is InChI=1S/C24H27NO6S/c1-14-7-8-16-15(12-21(26)31-20(16)11-14)13-30-24(29)19(9-10-32-2)25-22(27)17-5-3-4-6-18(17)23(25)28/h7-8,11-12,17-19H,3-6,9-10,13H2,1-2H3/t17-,18-,19+/m0/s1. The first-order valence-corrected chi connectivity index (χ1v) is 12.4. The number of thioether (sulfide) groups is 1. The van der Waals surface area contributed by atoms with Crippen LogP contribution in [-0.2, 0) is 25.7 Å². The molecule has 2 aromatic rings. The van der Waals surface area contributed by atoms with Crippen LogP contribution in [0, 0.1) is 18.8 Å². The van der Waals surface area contributed by atoms with Crippen molar-refractivity contribution in [3.05, 3.63) is 45.8 Å². The van der Waals surface area contributed by atoms with Crippen molar-refractivity contribution >= 4 is 40.5 Å². The van der Waals surface area contributed by atoms with Gasteiger partial charge in [0.25, 0.3) is 0 Å². The first kappa shape index (κ1) is 22.6. The third-order valence-corrected chi connectivity index (χ3v) is 7.05. The van der Waals surface area contributed by atoms with E-state index in [2.05, 4.69) is 0 Å². The van der Waals surface area contributed by atoms with Gasteiger partial charge in [-0.05, 0) is 49.8 Å². The van der Waals surface area contributed by atoms with Crippen LogP contribution in [0.3, 0.4) is 0 Å². The van der Waals surface area contributed by atoms with Crippen LogP contribution in [-0.4, -0.2) is 40.7 Å².